The second kappa shape index (κ2) is 12.7. The highest BCUT2D eigenvalue weighted by Crippen LogP contribution is 2.29. The van der Waals surface area contributed by atoms with Gasteiger partial charge in [0.1, 0.15) is 12.4 Å². The van der Waals surface area contributed by atoms with E-state index < -0.39 is 51.9 Å². The van der Waals surface area contributed by atoms with E-state index in [0.29, 0.717) is 5.75 Å². The molecule has 1 aromatic heterocycles. The summed E-state index contributed by atoms with van der Waals surface area (Å²) in [6, 6.07) is 13.2. The Bertz CT molecular complexity index is 1630. The Kier molecular flexibility index (Phi) is 9.54. The Hall–Kier alpha value is -3.79. The summed E-state index contributed by atoms with van der Waals surface area (Å²) in [6.45, 7) is 6.24. The lowest BCUT2D eigenvalue weighted by Gasteiger charge is -2.42. The number of amides is 1. The minimum Gasteiger partial charge on any atom is -0.489 e. The number of nitrogens with one attached hydrogen (secondary N) is 3. The summed E-state index contributed by atoms with van der Waals surface area (Å²) in [5.74, 6) is -3.57. The van der Waals surface area contributed by atoms with E-state index in [1.807, 2.05) is 42.7 Å². The van der Waals surface area contributed by atoms with Crippen LogP contribution in [0.2, 0.25) is 0 Å². The number of ether oxygens (including phenoxy) is 2. The molecule has 0 spiro atoms. The molecule has 4 rings (SSSR count). The van der Waals surface area contributed by atoms with Gasteiger partial charge in [-0.3, -0.25) is 14.6 Å². The Morgan fingerprint density at radius 2 is 1.77 bits per heavy atom. The second-order valence-electron chi connectivity index (χ2n) is 11.3. The number of aromatic nitrogens is 1. The maximum Gasteiger partial charge on any atom is 0.490 e. The molecule has 15 heteroatoms. The Labute approximate surface area is 252 Å². The van der Waals surface area contributed by atoms with E-state index in [4.69, 9.17) is 14.3 Å². The molecule has 0 unspecified atom stereocenters. The number of carbonyl (C=O) groups is 2. The van der Waals surface area contributed by atoms with Gasteiger partial charge in [0.25, 0.3) is 5.91 Å². The fraction of sp³-hybridized carbons (Fsp3) is 0.414. The third-order valence-electron chi connectivity index (χ3n) is 6.66. The fourth-order valence-corrected chi connectivity index (χ4v) is 5.89. The molecule has 3 aromatic rings. The van der Waals surface area contributed by atoms with Crippen LogP contribution in [-0.4, -0.2) is 61.8 Å². The molecular weight excluding hydrogens is 605 g/mol. The standard InChI is InChI=1S/C29H33F3N4O7S/c1-18-15-19(22-7-5-6-8-23(22)34-18)16-41-20-9-11-21(12-10-20)44(39,40)36-24-13-14-33-17-28(24,42-26(38)29(30,31)32)25(37)35-43-27(2,3)4/h5-12,15,24,33,36H,13-14,16-17H2,1-4H3,(H,35,37)/t24-,28-/m1/s1. The van der Waals surface area contributed by atoms with E-state index in [1.165, 1.54) is 24.3 Å². The summed E-state index contributed by atoms with van der Waals surface area (Å²) in [6.07, 6.45) is -5.64. The number of nitrogens with zero attached hydrogens (tertiary/aromatic N) is 1. The third kappa shape index (κ3) is 7.83. The molecule has 2 atom stereocenters. The molecule has 1 saturated heterocycles. The van der Waals surface area contributed by atoms with Crippen LogP contribution in [0.4, 0.5) is 13.2 Å². The molecule has 1 amide bonds. The number of fused-ring (bicyclic) bond motifs is 1. The van der Waals surface area contributed by atoms with Crippen LogP contribution in [0.3, 0.4) is 0 Å². The van der Waals surface area contributed by atoms with Crippen LogP contribution >= 0.6 is 0 Å². The summed E-state index contributed by atoms with van der Waals surface area (Å²) in [5.41, 5.74) is 0.932. The van der Waals surface area contributed by atoms with E-state index in [1.54, 1.807) is 20.8 Å². The number of halogens is 3. The molecule has 44 heavy (non-hydrogen) atoms. The second-order valence-corrected chi connectivity index (χ2v) is 13.0. The van der Waals surface area contributed by atoms with Gasteiger partial charge in [-0.2, -0.15) is 13.2 Å². The number of rotatable bonds is 9. The lowest BCUT2D eigenvalue weighted by atomic mass is 9.88. The molecule has 0 bridgehead atoms. The normalized spacial score (nSPS) is 19.4. The van der Waals surface area contributed by atoms with Gasteiger partial charge >= 0.3 is 12.1 Å². The highest BCUT2D eigenvalue weighted by Gasteiger charge is 2.56. The summed E-state index contributed by atoms with van der Waals surface area (Å²) >= 11 is 0. The molecule has 2 aromatic carbocycles. The van der Waals surface area contributed by atoms with Crippen molar-refractivity contribution in [1.29, 1.82) is 0 Å². The minimum atomic E-state index is -5.45. The van der Waals surface area contributed by atoms with Crippen LogP contribution in [0.1, 0.15) is 38.4 Å². The number of hydrogen-bond acceptors (Lipinski definition) is 9. The van der Waals surface area contributed by atoms with Gasteiger partial charge in [0.05, 0.1) is 22.1 Å². The van der Waals surface area contributed by atoms with Crippen LogP contribution in [0.25, 0.3) is 10.9 Å². The lowest BCUT2D eigenvalue weighted by molar-refractivity contribution is -0.220. The Morgan fingerprint density at radius 3 is 2.43 bits per heavy atom. The maximum absolute atomic E-state index is 13.4. The number of para-hydroxylation sites is 1. The SMILES string of the molecule is Cc1cc(COc2ccc(S(=O)(=O)N[C@@H]3CCNC[C@]3(OC(=O)C(F)(F)F)C(=O)NOC(C)(C)C)cc2)c2ccccc2n1. The van der Waals surface area contributed by atoms with Crippen molar-refractivity contribution in [3.8, 4) is 5.75 Å². The molecule has 0 aliphatic carbocycles. The molecular formula is C29H33F3N4O7S. The quantitative estimate of drug-likeness (QED) is 0.237. The first-order valence-corrected chi connectivity index (χ1v) is 15.1. The molecule has 0 radical (unpaired) electrons. The Morgan fingerprint density at radius 1 is 1.09 bits per heavy atom. The Balaban J connectivity index is 1.55. The topological polar surface area (TPSA) is 145 Å². The number of pyridine rings is 1. The van der Waals surface area contributed by atoms with Gasteiger partial charge in [0, 0.05) is 23.2 Å². The fourth-order valence-electron chi connectivity index (χ4n) is 4.58. The summed E-state index contributed by atoms with van der Waals surface area (Å²) < 4.78 is 79.3. The molecule has 2 heterocycles. The zero-order valence-electron chi connectivity index (χ0n) is 24.4. The predicted molar refractivity (Wildman–Crippen MR) is 153 cm³/mol. The molecule has 3 N–H and O–H groups in total. The van der Waals surface area contributed by atoms with E-state index >= 15 is 0 Å². The number of alkyl halides is 3. The van der Waals surface area contributed by atoms with E-state index in [0.717, 1.165) is 22.2 Å². The van der Waals surface area contributed by atoms with Gasteiger partial charge in [-0.25, -0.2) is 23.4 Å². The number of hydrogen-bond donors (Lipinski definition) is 3. The zero-order chi connectivity index (χ0) is 32.3. The van der Waals surface area contributed by atoms with Gasteiger partial charge in [-0.05, 0) is 77.1 Å². The number of benzene rings is 2. The van der Waals surface area contributed by atoms with Crippen molar-refractivity contribution in [2.24, 2.45) is 0 Å². The monoisotopic (exact) mass is 638 g/mol. The number of sulfonamides is 1. The number of esters is 1. The zero-order valence-corrected chi connectivity index (χ0v) is 25.3. The molecule has 1 fully saturated rings. The van der Waals surface area contributed by atoms with E-state index in [2.05, 4.69) is 15.0 Å². The van der Waals surface area contributed by atoms with Crippen LogP contribution < -0.4 is 20.3 Å². The van der Waals surface area contributed by atoms with E-state index in [9.17, 15) is 31.2 Å². The van der Waals surface area contributed by atoms with Crippen LogP contribution in [-0.2, 0) is 35.8 Å². The summed E-state index contributed by atoms with van der Waals surface area (Å²) in [4.78, 5) is 34.6. The molecule has 1 aliphatic rings. The lowest BCUT2D eigenvalue weighted by Crippen LogP contribution is -2.70. The first-order chi connectivity index (χ1) is 20.5. The highest BCUT2D eigenvalue weighted by atomic mass is 32.2. The van der Waals surface area contributed by atoms with Gasteiger partial charge in [0.15, 0.2) is 0 Å². The van der Waals surface area contributed by atoms with Crippen molar-refractivity contribution in [3.63, 3.8) is 0 Å². The largest absolute Gasteiger partial charge is 0.490 e. The van der Waals surface area contributed by atoms with Crippen molar-refractivity contribution >= 4 is 32.8 Å². The van der Waals surface area contributed by atoms with Crippen molar-refractivity contribution in [2.75, 3.05) is 13.1 Å². The molecule has 0 saturated carbocycles. The van der Waals surface area contributed by atoms with Gasteiger partial charge in [-0.15, -0.1) is 0 Å². The number of hydroxylamine groups is 1. The predicted octanol–water partition coefficient (Wildman–Crippen LogP) is 3.45. The van der Waals surface area contributed by atoms with E-state index in [-0.39, 0.29) is 24.5 Å². The highest BCUT2D eigenvalue weighted by molar-refractivity contribution is 7.89. The third-order valence-corrected chi connectivity index (χ3v) is 8.14. The maximum atomic E-state index is 13.4. The van der Waals surface area contributed by atoms with Crippen LogP contribution in [0, 0.1) is 6.92 Å². The van der Waals surface area contributed by atoms with Crippen LogP contribution in [0.5, 0.6) is 5.75 Å². The van der Waals surface area contributed by atoms with Gasteiger partial charge < -0.3 is 14.8 Å². The molecule has 238 valence electrons. The van der Waals surface area contributed by atoms with Crippen LogP contribution in [0.15, 0.2) is 59.5 Å². The van der Waals surface area contributed by atoms with Gasteiger partial charge in [0.2, 0.25) is 15.6 Å². The minimum absolute atomic E-state index is 0.113. The van der Waals surface area contributed by atoms with Crippen molar-refractivity contribution in [3.05, 3.63) is 65.9 Å². The average Bonchev–Trinajstić information content (AvgIpc) is 2.94. The average molecular weight is 639 g/mol. The van der Waals surface area contributed by atoms with Crippen molar-refractivity contribution in [1.82, 2.24) is 20.5 Å². The van der Waals surface area contributed by atoms with Crippen molar-refractivity contribution in [2.45, 2.75) is 69.0 Å². The summed E-state index contributed by atoms with van der Waals surface area (Å²) in [7, 11) is -4.43. The molecule has 11 nitrogen and oxygen atoms in total. The number of aryl methyl sites for hydroxylation is 1. The smallest absolute Gasteiger partial charge is 0.489 e. The van der Waals surface area contributed by atoms with Gasteiger partial charge in [-0.1, -0.05) is 18.2 Å². The van der Waals surface area contributed by atoms with Crippen molar-refractivity contribution < 1.29 is 45.5 Å². The first kappa shape index (κ1) is 33.1. The number of carbonyl (C=O) groups excluding carboxylic acids is 2. The first-order valence-electron chi connectivity index (χ1n) is 13.6. The summed E-state index contributed by atoms with van der Waals surface area (Å²) in [5, 5.41) is 3.61. The number of piperidine rings is 1. The molecule has 1 aliphatic heterocycles.